The fourth-order valence-corrected chi connectivity index (χ4v) is 2.70. The van der Waals surface area contributed by atoms with E-state index in [1.165, 1.54) is 0 Å². The summed E-state index contributed by atoms with van der Waals surface area (Å²) in [6, 6.07) is 11.9. The predicted octanol–water partition coefficient (Wildman–Crippen LogP) is 4.18. The number of nitrogen functional groups attached to an aromatic ring is 1. The van der Waals surface area contributed by atoms with Crippen LogP contribution in [0.15, 0.2) is 40.9 Å². The zero-order valence-electron chi connectivity index (χ0n) is 9.24. The van der Waals surface area contributed by atoms with Crippen molar-refractivity contribution in [1.82, 2.24) is 9.97 Å². The number of hydrogen-bond acceptors (Lipinski definition) is 2. The van der Waals surface area contributed by atoms with E-state index in [-0.39, 0.29) is 0 Å². The Bertz CT molecular complexity index is 736. The highest BCUT2D eigenvalue weighted by atomic mass is 127. The number of imidazole rings is 1. The Morgan fingerprint density at radius 2 is 2.00 bits per heavy atom. The Labute approximate surface area is 126 Å². The predicted molar refractivity (Wildman–Crippen MR) is 86.4 cm³/mol. The average molecular weight is 414 g/mol. The lowest BCUT2D eigenvalue weighted by Gasteiger charge is -2.02. The first-order chi connectivity index (χ1) is 8.63. The summed E-state index contributed by atoms with van der Waals surface area (Å²) < 4.78 is 2.17. The lowest BCUT2D eigenvalue weighted by Crippen LogP contribution is -1.91. The second-order valence-corrected chi connectivity index (χ2v) is 6.14. The van der Waals surface area contributed by atoms with Crippen LogP contribution < -0.4 is 5.73 Å². The monoisotopic (exact) mass is 413 g/mol. The van der Waals surface area contributed by atoms with Crippen LogP contribution in [0.3, 0.4) is 0 Å². The maximum absolute atomic E-state index is 6.00. The van der Waals surface area contributed by atoms with Gasteiger partial charge in [-0.15, -0.1) is 0 Å². The Hall–Kier alpha value is -1.08. The van der Waals surface area contributed by atoms with Gasteiger partial charge < -0.3 is 10.7 Å². The topological polar surface area (TPSA) is 54.7 Å². The van der Waals surface area contributed by atoms with Crippen LogP contribution in [0.4, 0.5) is 5.69 Å². The number of benzene rings is 2. The highest BCUT2D eigenvalue weighted by Gasteiger charge is 2.09. The summed E-state index contributed by atoms with van der Waals surface area (Å²) in [5.41, 5.74) is 9.60. The van der Waals surface area contributed by atoms with E-state index in [4.69, 9.17) is 5.73 Å². The summed E-state index contributed by atoms with van der Waals surface area (Å²) in [5, 5.41) is 0. The van der Waals surface area contributed by atoms with Crippen molar-refractivity contribution in [3.05, 3.63) is 44.4 Å². The number of nitrogens with two attached hydrogens (primary N) is 1. The molecule has 0 fully saturated rings. The second-order valence-electron chi connectivity index (χ2n) is 3.98. The zero-order chi connectivity index (χ0) is 12.7. The zero-order valence-corrected chi connectivity index (χ0v) is 13.0. The Kier molecular flexibility index (Phi) is 3.03. The standard InChI is InChI=1S/C13H9BrIN3/c14-7-1-4-11-12(5-7)18-13(17-11)9-6-8(15)2-3-10(9)16/h1-6H,16H2,(H,17,18). The maximum atomic E-state index is 6.00. The van der Waals surface area contributed by atoms with Gasteiger partial charge >= 0.3 is 0 Å². The molecule has 0 unspecified atom stereocenters. The molecule has 0 saturated carbocycles. The first kappa shape index (κ1) is 12.0. The Morgan fingerprint density at radius 3 is 2.83 bits per heavy atom. The van der Waals surface area contributed by atoms with Crippen LogP contribution in [0.1, 0.15) is 0 Å². The van der Waals surface area contributed by atoms with Gasteiger partial charge in [-0.25, -0.2) is 4.98 Å². The number of H-pyrrole nitrogens is 1. The normalized spacial score (nSPS) is 11.0. The van der Waals surface area contributed by atoms with E-state index in [0.717, 1.165) is 36.2 Å². The number of nitrogens with one attached hydrogen (secondary N) is 1. The van der Waals surface area contributed by atoms with Gasteiger partial charge in [0.1, 0.15) is 5.82 Å². The molecule has 3 aromatic rings. The highest BCUT2D eigenvalue weighted by molar-refractivity contribution is 14.1. The molecule has 2 aromatic carbocycles. The molecule has 0 aliphatic carbocycles. The molecule has 5 heteroatoms. The van der Waals surface area contributed by atoms with Gasteiger partial charge in [0.2, 0.25) is 0 Å². The average Bonchev–Trinajstić information content (AvgIpc) is 2.74. The van der Waals surface area contributed by atoms with Crippen LogP contribution in [0.5, 0.6) is 0 Å². The third-order valence-electron chi connectivity index (χ3n) is 2.71. The number of anilines is 1. The molecule has 0 atom stereocenters. The van der Waals surface area contributed by atoms with Gasteiger partial charge in [0, 0.05) is 19.3 Å². The van der Waals surface area contributed by atoms with Crippen molar-refractivity contribution in [2.75, 3.05) is 5.73 Å². The summed E-state index contributed by atoms with van der Waals surface area (Å²) in [7, 11) is 0. The van der Waals surface area contributed by atoms with Crippen LogP contribution >= 0.6 is 38.5 Å². The molecule has 3 nitrogen and oxygen atoms in total. The first-order valence-electron chi connectivity index (χ1n) is 5.34. The Balaban J connectivity index is 2.22. The van der Waals surface area contributed by atoms with Gasteiger partial charge in [-0.1, -0.05) is 15.9 Å². The molecule has 0 aliphatic heterocycles. The maximum Gasteiger partial charge on any atom is 0.140 e. The number of rotatable bonds is 1. The number of fused-ring (bicyclic) bond motifs is 1. The largest absolute Gasteiger partial charge is 0.398 e. The third-order valence-corrected chi connectivity index (χ3v) is 3.88. The van der Waals surface area contributed by atoms with Crippen molar-refractivity contribution in [2.45, 2.75) is 0 Å². The van der Waals surface area contributed by atoms with Gasteiger partial charge in [0.15, 0.2) is 0 Å². The van der Waals surface area contributed by atoms with Crippen LogP contribution in [0.25, 0.3) is 22.4 Å². The third kappa shape index (κ3) is 2.12. The van der Waals surface area contributed by atoms with E-state index >= 15 is 0 Å². The minimum atomic E-state index is 0.730. The molecule has 0 bridgehead atoms. The van der Waals surface area contributed by atoms with Gasteiger partial charge in [-0.2, -0.15) is 0 Å². The van der Waals surface area contributed by atoms with E-state index in [0.29, 0.717) is 0 Å². The molecule has 3 rings (SSSR count). The van der Waals surface area contributed by atoms with Crippen molar-refractivity contribution in [3.8, 4) is 11.4 Å². The molecule has 90 valence electrons. The summed E-state index contributed by atoms with van der Waals surface area (Å²) >= 11 is 5.72. The van der Waals surface area contributed by atoms with Crippen LogP contribution in [0, 0.1) is 3.57 Å². The summed E-state index contributed by atoms with van der Waals surface area (Å²) in [5.74, 6) is 0.805. The van der Waals surface area contributed by atoms with E-state index in [9.17, 15) is 0 Å². The molecule has 3 N–H and O–H groups in total. The quantitative estimate of drug-likeness (QED) is 0.464. The van der Waals surface area contributed by atoms with Crippen molar-refractivity contribution in [2.24, 2.45) is 0 Å². The molecule has 18 heavy (non-hydrogen) atoms. The van der Waals surface area contributed by atoms with E-state index in [1.54, 1.807) is 0 Å². The molecular weight excluding hydrogens is 405 g/mol. The molecule has 0 spiro atoms. The molecule has 0 amide bonds. The molecule has 0 radical (unpaired) electrons. The lowest BCUT2D eigenvalue weighted by molar-refractivity contribution is 1.33. The van der Waals surface area contributed by atoms with Crippen molar-refractivity contribution in [3.63, 3.8) is 0 Å². The van der Waals surface area contributed by atoms with E-state index in [2.05, 4.69) is 48.5 Å². The minimum absolute atomic E-state index is 0.730. The summed E-state index contributed by atoms with van der Waals surface area (Å²) in [6.45, 7) is 0. The SMILES string of the molecule is Nc1ccc(I)cc1-c1nc2ccc(Br)cc2[nH]1. The van der Waals surface area contributed by atoms with E-state index in [1.807, 2.05) is 36.4 Å². The minimum Gasteiger partial charge on any atom is -0.398 e. The van der Waals surface area contributed by atoms with Gasteiger partial charge in [-0.05, 0) is 59.0 Å². The molecular formula is C13H9BrIN3. The van der Waals surface area contributed by atoms with Gasteiger partial charge in [0.25, 0.3) is 0 Å². The van der Waals surface area contributed by atoms with Crippen molar-refractivity contribution in [1.29, 1.82) is 0 Å². The summed E-state index contributed by atoms with van der Waals surface area (Å²) in [4.78, 5) is 7.86. The first-order valence-corrected chi connectivity index (χ1v) is 7.21. The number of aromatic amines is 1. The fraction of sp³-hybridized carbons (Fsp3) is 0. The van der Waals surface area contributed by atoms with Gasteiger partial charge in [-0.3, -0.25) is 0 Å². The highest BCUT2D eigenvalue weighted by Crippen LogP contribution is 2.28. The lowest BCUT2D eigenvalue weighted by atomic mass is 10.2. The van der Waals surface area contributed by atoms with E-state index < -0.39 is 0 Å². The number of hydrogen-bond donors (Lipinski definition) is 2. The van der Waals surface area contributed by atoms with Gasteiger partial charge in [0.05, 0.1) is 11.0 Å². The number of nitrogens with zero attached hydrogens (tertiary/aromatic N) is 1. The van der Waals surface area contributed by atoms with Crippen LogP contribution in [0.2, 0.25) is 0 Å². The molecule has 0 saturated heterocycles. The van der Waals surface area contributed by atoms with Crippen LogP contribution in [-0.4, -0.2) is 9.97 Å². The number of halogens is 2. The number of aromatic nitrogens is 2. The smallest absolute Gasteiger partial charge is 0.140 e. The van der Waals surface area contributed by atoms with Crippen molar-refractivity contribution < 1.29 is 0 Å². The fourth-order valence-electron chi connectivity index (χ4n) is 1.84. The second kappa shape index (κ2) is 4.55. The summed E-state index contributed by atoms with van der Waals surface area (Å²) in [6.07, 6.45) is 0. The molecule has 1 aromatic heterocycles. The van der Waals surface area contributed by atoms with Crippen molar-refractivity contribution >= 4 is 55.2 Å². The molecule has 1 heterocycles. The molecule has 0 aliphatic rings. The Morgan fingerprint density at radius 1 is 1.17 bits per heavy atom. The van der Waals surface area contributed by atoms with Crippen LogP contribution in [-0.2, 0) is 0 Å².